The molecule has 0 saturated carbocycles. The largest absolute Gasteiger partial charge is 0.484 e. The first-order chi connectivity index (χ1) is 10.9. The Hall–Kier alpha value is -1.96. The molecule has 23 heavy (non-hydrogen) atoms. The molecule has 2 N–H and O–H groups in total. The Bertz CT molecular complexity index is 537. The highest BCUT2D eigenvalue weighted by Gasteiger charge is 2.29. The Balaban J connectivity index is 1.89. The summed E-state index contributed by atoms with van der Waals surface area (Å²) in [5, 5.41) is 11.7. The van der Waals surface area contributed by atoms with Crippen molar-refractivity contribution in [1.82, 2.24) is 10.2 Å². The van der Waals surface area contributed by atoms with Gasteiger partial charge in [0.1, 0.15) is 5.75 Å². The zero-order valence-corrected chi connectivity index (χ0v) is 12.5. The monoisotopic (exact) mass is 332 g/mol. The quantitative estimate of drug-likeness (QED) is 0.868. The zero-order valence-electron chi connectivity index (χ0n) is 12.5. The molecule has 0 radical (unpaired) electrons. The van der Waals surface area contributed by atoms with Crippen LogP contribution in [0.25, 0.3) is 0 Å². The lowest BCUT2D eigenvalue weighted by Crippen LogP contribution is -2.38. The van der Waals surface area contributed by atoms with Crippen molar-refractivity contribution >= 4 is 6.03 Å². The molecule has 1 saturated heterocycles. The Morgan fingerprint density at radius 3 is 2.78 bits per heavy atom. The van der Waals surface area contributed by atoms with Crippen LogP contribution in [0.15, 0.2) is 24.3 Å². The van der Waals surface area contributed by atoms with Gasteiger partial charge in [-0.25, -0.2) is 4.79 Å². The molecular weight excluding hydrogens is 313 g/mol. The Labute approximate surface area is 132 Å². The second-order valence-corrected chi connectivity index (χ2v) is 5.45. The summed E-state index contributed by atoms with van der Waals surface area (Å²) in [6.45, 7) is -0.217. The first-order valence-corrected chi connectivity index (χ1v) is 7.30. The van der Waals surface area contributed by atoms with Crippen LogP contribution >= 0.6 is 0 Å². The van der Waals surface area contributed by atoms with Gasteiger partial charge in [0.15, 0.2) is 6.61 Å². The third-order valence-electron chi connectivity index (χ3n) is 3.63. The fourth-order valence-electron chi connectivity index (χ4n) is 2.40. The zero-order chi connectivity index (χ0) is 16.9. The van der Waals surface area contributed by atoms with Crippen LogP contribution in [0, 0.1) is 5.92 Å². The number of nitrogens with zero attached hydrogens (tertiary/aromatic N) is 1. The third-order valence-corrected chi connectivity index (χ3v) is 3.63. The van der Waals surface area contributed by atoms with E-state index in [0.717, 1.165) is 6.42 Å². The van der Waals surface area contributed by atoms with Gasteiger partial charge in [-0.1, -0.05) is 18.2 Å². The molecule has 2 rings (SSSR count). The average molecular weight is 332 g/mol. The second kappa shape index (κ2) is 7.54. The van der Waals surface area contributed by atoms with Crippen molar-refractivity contribution in [3.63, 3.8) is 0 Å². The number of benzene rings is 1. The van der Waals surface area contributed by atoms with E-state index in [1.54, 1.807) is 23.1 Å². The number of ether oxygens (including phenoxy) is 1. The van der Waals surface area contributed by atoms with Crippen molar-refractivity contribution in [2.45, 2.75) is 19.1 Å². The lowest BCUT2D eigenvalue weighted by atomic mass is 10.1. The summed E-state index contributed by atoms with van der Waals surface area (Å²) in [7, 11) is 0. The summed E-state index contributed by atoms with van der Waals surface area (Å²) in [5.41, 5.74) is 0.475. The lowest BCUT2D eigenvalue weighted by molar-refractivity contribution is -0.153. The molecule has 1 heterocycles. The molecule has 1 unspecified atom stereocenters. The van der Waals surface area contributed by atoms with E-state index in [4.69, 9.17) is 9.84 Å². The molecule has 128 valence electrons. The summed E-state index contributed by atoms with van der Waals surface area (Å²) in [6.07, 6.45) is -3.67. The molecule has 0 aromatic heterocycles. The van der Waals surface area contributed by atoms with Gasteiger partial charge in [-0.05, 0) is 12.5 Å². The number of carbonyl (C=O) groups is 1. The fourth-order valence-corrected chi connectivity index (χ4v) is 2.40. The smallest absolute Gasteiger partial charge is 0.422 e. The highest BCUT2D eigenvalue weighted by molar-refractivity contribution is 5.74. The number of para-hydroxylation sites is 1. The number of alkyl halides is 3. The number of aliphatic hydroxyl groups is 1. The van der Waals surface area contributed by atoms with Crippen LogP contribution in [0.4, 0.5) is 18.0 Å². The van der Waals surface area contributed by atoms with Crippen LogP contribution in [-0.2, 0) is 6.54 Å². The van der Waals surface area contributed by atoms with Gasteiger partial charge in [0.05, 0.1) is 0 Å². The number of halogens is 3. The minimum Gasteiger partial charge on any atom is -0.484 e. The standard InChI is InChI=1S/C15H19F3N2O3/c16-15(17,18)10-23-13-4-2-1-3-12(13)7-19-14(22)20-6-5-11(8-20)9-21/h1-4,11,21H,5-10H2,(H,19,22). The molecule has 0 bridgehead atoms. The molecule has 1 fully saturated rings. The summed E-state index contributed by atoms with van der Waals surface area (Å²) in [5.74, 6) is 0.183. The van der Waals surface area contributed by atoms with Gasteiger partial charge >= 0.3 is 12.2 Å². The van der Waals surface area contributed by atoms with E-state index >= 15 is 0 Å². The number of aliphatic hydroxyl groups excluding tert-OH is 1. The predicted octanol–water partition coefficient (Wildman–Crippen LogP) is 2.15. The maximum Gasteiger partial charge on any atom is 0.422 e. The van der Waals surface area contributed by atoms with E-state index in [1.165, 1.54) is 6.07 Å². The van der Waals surface area contributed by atoms with Crippen molar-refractivity contribution in [2.24, 2.45) is 5.92 Å². The molecule has 5 nitrogen and oxygen atoms in total. The first kappa shape index (κ1) is 17.4. The van der Waals surface area contributed by atoms with Crippen molar-refractivity contribution in [2.75, 3.05) is 26.3 Å². The molecule has 0 spiro atoms. The molecular formula is C15H19F3N2O3. The van der Waals surface area contributed by atoms with Gasteiger partial charge in [-0.3, -0.25) is 0 Å². The van der Waals surface area contributed by atoms with Crippen molar-refractivity contribution in [3.8, 4) is 5.75 Å². The van der Waals surface area contributed by atoms with Crippen molar-refractivity contribution in [3.05, 3.63) is 29.8 Å². The Morgan fingerprint density at radius 2 is 2.13 bits per heavy atom. The third kappa shape index (κ3) is 5.31. The summed E-state index contributed by atoms with van der Waals surface area (Å²) in [6, 6.07) is 5.98. The van der Waals surface area contributed by atoms with Crippen LogP contribution in [0.1, 0.15) is 12.0 Å². The van der Waals surface area contributed by atoms with Gasteiger partial charge in [-0.2, -0.15) is 13.2 Å². The van der Waals surface area contributed by atoms with Crippen LogP contribution in [0.2, 0.25) is 0 Å². The minimum absolute atomic E-state index is 0.0396. The molecule has 1 aromatic carbocycles. The number of rotatable bonds is 5. The van der Waals surface area contributed by atoms with Crippen molar-refractivity contribution in [1.29, 1.82) is 0 Å². The average Bonchev–Trinajstić information content (AvgIpc) is 2.99. The van der Waals surface area contributed by atoms with Crippen LogP contribution < -0.4 is 10.1 Å². The summed E-state index contributed by atoms with van der Waals surface area (Å²) >= 11 is 0. The van der Waals surface area contributed by atoms with Crippen molar-refractivity contribution < 1.29 is 27.8 Å². The fraction of sp³-hybridized carbons (Fsp3) is 0.533. The van der Waals surface area contributed by atoms with E-state index in [0.29, 0.717) is 18.7 Å². The molecule has 1 atom stereocenters. The van der Waals surface area contributed by atoms with Gasteiger partial charge in [0.25, 0.3) is 0 Å². The maximum atomic E-state index is 12.2. The topological polar surface area (TPSA) is 61.8 Å². The maximum absolute atomic E-state index is 12.2. The summed E-state index contributed by atoms with van der Waals surface area (Å²) < 4.78 is 41.5. The second-order valence-electron chi connectivity index (χ2n) is 5.45. The van der Waals surface area contributed by atoms with E-state index in [9.17, 15) is 18.0 Å². The van der Waals surface area contributed by atoms with E-state index in [1.807, 2.05) is 0 Å². The van der Waals surface area contributed by atoms with E-state index < -0.39 is 12.8 Å². The van der Waals surface area contributed by atoms with Gasteiger partial charge in [-0.15, -0.1) is 0 Å². The lowest BCUT2D eigenvalue weighted by Gasteiger charge is -2.18. The molecule has 8 heteroatoms. The SMILES string of the molecule is O=C(NCc1ccccc1OCC(F)(F)F)N1CCC(CO)C1. The van der Waals surface area contributed by atoms with Gasteiger partial charge < -0.3 is 20.1 Å². The number of hydrogen-bond acceptors (Lipinski definition) is 3. The number of carbonyl (C=O) groups excluding carboxylic acids is 1. The van der Waals surface area contributed by atoms with Crippen LogP contribution in [0.3, 0.4) is 0 Å². The van der Waals surface area contributed by atoms with Crippen LogP contribution in [0.5, 0.6) is 5.75 Å². The number of urea groups is 1. The molecule has 2 amide bonds. The number of hydrogen-bond donors (Lipinski definition) is 2. The normalized spacial score (nSPS) is 18.1. The highest BCUT2D eigenvalue weighted by Crippen LogP contribution is 2.22. The number of nitrogens with one attached hydrogen (secondary N) is 1. The number of amides is 2. The molecule has 0 aliphatic carbocycles. The summed E-state index contributed by atoms with van der Waals surface area (Å²) in [4.78, 5) is 13.6. The Kier molecular flexibility index (Phi) is 5.70. The Morgan fingerprint density at radius 1 is 1.39 bits per heavy atom. The van der Waals surface area contributed by atoms with E-state index in [-0.39, 0.29) is 30.9 Å². The van der Waals surface area contributed by atoms with Crippen LogP contribution in [-0.4, -0.2) is 48.5 Å². The predicted molar refractivity (Wildman–Crippen MR) is 77.0 cm³/mol. The minimum atomic E-state index is -4.41. The number of likely N-dealkylation sites (tertiary alicyclic amines) is 1. The first-order valence-electron chi connectivity index (χ1n) is 7.30. The molecule has 1 aliphatic rings. The molecule has 1 aliphatic heterocycles. The van der Waals surface area contributed by atoms with Gasteiger partial charge in [0.2, 0.25) is 0 Å². The highest BCUT2D eigenvalue weighted by atomic mass is 19.4. The van der Waals surface area contributed by atoms with E-state index in [2.05, 4.69) is 5.32 Å². The van der Waals surface area contributed by atoms with Gasteiger partial charge in [0, 0.05) is 37.7 Å². The molecule has 1 aromatic rings.